The van der Waals surface area contributed by atoms with Crippen LogP contribution in [-0.2, 0) is 17.5 Å². The molecule has 144 valence electrons. The third kappa shape index (κ3) is 4.91. The number of halogens is 4. The van der Waals surface area contributed by atoms with E-state index in [1.54, 1.807) is 17.0 Å². The minimum Gasteiger partial charge on any atom is -0.355 e. The lowest BCUT2D eigenvalue weighted by Gasteiger charge is -2.34. The summed E-state index contributed by atoms with van der Waals surface area (Å²) in [5, 5.41) is 3.47. The maximum atomic E-state index is 13.2. The summed E-state index contributed by atoms with van der Waals surface area (Å²) in [6.07, 6.45) is -1.87. The van der Waals surface area contributed by atoms with Crippen LogP contribution < -0.4 is 10.2 Å². The van der Waals surface area contributed by atoms with E-state index in [4.69, 9.17) is 11.6 Å². The average Bonchev–Trinajstić information content (AvgIpc) is 2.67. The van der Waals surface area contributed by atoms with Gasteiger partial charge in [0.1, 0.15) is 5.82 Å². The summed E-state index contributed by atoms with van der Waals surface area (Å²) in [6.45, 7) is 1.01. The largest absolute Gasteiger partial charge is 0.419 e. The molecule has 1 saturated heterocycles. The van der Waals surface area contributed by atoms with E-state index in [1.165, 1.54) is 12.3 Å². The number of alkyl halides is 3. The lowest BCUT2D eigenvalue weighted by atomic mass is 9.96. The summed E-state index contributed by atoms with van der Waals surface area (Å²) < 4.78 is 39.7. The van der Waals surface area contributed by atoms with Crippen molar-refractivity contribution >= 4 is 23.3 Å². The van der Waals surface area contributed by atoms with Gasteiger partial charge in [0.05, 0.1) is 11.5 Å². The molecule has 3 rings (SSSR count). The van der Waals surface area contributed by atoms with Crippen LogP contribution in [0.25, 0.3) is 0 Å². The number of rotatable bonds is 4. The molecule has 1 aromatic heterocycles. The van der Waals surface area contributed by atoms with E-state index < -0.39 is 11.7 Å². The van der Waals surface area contributed by atoms with Gasteiger partial charge in [0, 0.05) is 30.9 Å². The van der Waals surface area contributed by atoms with Crippen molar-refractivity contribution in [2.45, 2.75) is 25.6 Å². The molecule has 0 aliphatic carbocycles. The normalized spacial score (nSPS) is 17.6. The standard InChI is InChI=1S/C19H19ClF3N3O/c20-15-7-5-13(6-8-15)11-25-18(27)14-3-2-10-26(12-14)17-16(19(21,22)23)4-1-9-24-17/h1,4-9,14H,2-3,10-12H2,(H,25,27). The summed E-state index contributed by atoms with van der Waals surface area (Å²) >= 11 is 5.84. The van der Waals surface area contributed by atoms with Crippen molar-refractivity contribution < 1.29 is 18.0 Å². The highest BCUT2D eigenvalue weighted by Gasteiger charge is 2.37. The Hall–Kier alpha value is -2.28. The Balaban J connectivity index is 1.66. The molecular formula is C19H19ClF3N3O. The Morgan fingerprint density at radius 3 is 2.70 bits per heavy atom. The van der Waals surface area contributed by atoms with Gasteiger partial charge < -0.3 is 10.2 Å². The molecule has 1 fully saturated rings. The monoisotopic (exact) mass is 397 g/mol. The van der Waals surface area contributed by atoms with E-state index in [9.17, 15) is 18.0 Å². The van der Waals surface area contributed by atoms with Crippen LogP contribution in [0.5, 0.6) is 0 Å². The lowest BCUT2D eigenvalue weighted by molar-refractivity contribution is -0.137. The molecule has 0 bridgehead atoms. The molecule has 1 unspecified atom stereocenters. The second-order valence-corrected chi connectivity index (χ2v) is 6.94. The highest BCUT2D eigenvalue weighted by Crippen LogP contribution is 2.36. The zero-order chi connectivity index (χ0) is 19.4. The fourth-order valence-corrected chi connectivity index (χ4v) is 3.32. The Morgan fingerprint density at radius 2 is 2.00 bits per heavy atom. The summed E-state index contributed by atoms with van der Waals surface area (Å²) in [4.78, 5) is 18.0. The second kappa shape index (κ2) is 8.17. The first-order valence-corrected chi connectivity index (χ1v) is 9.01. The molecule has 4 nitrogen and oxygen atoms in total. The van der Waals surface area contributed by atoms with Crippen molar-refractivity contribution in [1.82, 2.24) is 10.3 Å². The van der Waals surface area contributed by atoms with Gasteiger partial charge in [-0.05, 0) is 42.7 Å². The SMILES string of the molecule is O=C(NCc1ccc(Cl)cc1)C1CCCN(c2ncccc2C(F)(F)F)C1. The fraction of sp³-hybridized carbons (Fsp3) is 0.368. The Kier molecular flexibility index (Phi) is 5.89. The number of nitrogens with one attached hydrogen (secondary N) is 1. The number of aromatic nitrogens is 1. The number of hydrogen-bond acceptors (Lipinski definition) is 3. The molecule has 2 heterocycles. The smallest absolute Gasteiger partial charge is 0.355 e. The first kappa shape index (κ1) is 19.5. The number of nitrogens with zero attached hydrogens (tertiary/aromatic N) is 2. The number of benzene rings is 1. The van der Waals surface area contributed by atoms with Crippen LogP contribution in [0.15, 0.2) is 42.6 Å². The van der Waals surface area contributed by atoms with E-state index in [2.05, 4.69) is 10.3 Å². The number of hydrogen-bond donors (Lipinski definition) is 1. The zero-order valence-electron chi connectivity index (χ0n) is 14.5. The van der Waals surface area contributed by atoms with E-state index in [0.717, 1.165) is 11.6 Å². The first-order chi connectivity index (χ1) is 12.8. The highest BCUT2D eigenvalue weighted by molar-refractivity contribution is 6.30. The van der Waals surface area contributed by atoms with Gasteiger partial charge in [-0.25, -0.2) is 4.98 Å². The van der Waals surface area contributed by atoms with E-state index in [1.807, 2.05) is 12.1 Å². The molecule has 27 heavy (non-hydrogen) atoms. The van der Waals surface area contributed by atoms with Crippen molar-refractivity contribution in [2.24, 2.45) is 5.92 Å². The van der Waals surface area contributed by atoms with Crippen molar-refractivity contribution in [2.75, 3.05) is 18.0 Å². The number of pyridine rings is 1. The van der Waals surface area contributed by atoms with Crippen LogP contribution >= 0.6 is 11.6 Å². The van der Waals surface area contributed by atoms with E-state index in [0.29, 0.717) is 31.0 Å². The van der Waals surface area contributed by atoms with Gasteiger partial charge in [-0.2, -0.15) is 13.2 Å². The van der Waals surface area contributed by atoms with Crippen LogP contribution in [0.4, 0.5) is 19.0 Å². The average molecular weight is 398 g/mol. The predicted octanol–water partition coefficient (Wildman–Crippen LogP) is 4.29. The molecule has 2 aromatic rings. The molecule has 1 N–H and O–H groups in total. The molecule has 1 amide bonds. The third-order valence-electron chi connectivity index (χ3n) is 4.56. The van der Waals surface area contributed by atoms with Crippen molar-refractivity contribution in [3.8, 4) is 0 Å². The maximum Gasteiger partial charge on any atom is 0.419 e. The number of carbonyl (C=O) groups excluding carboxylic acids is 1. The van der Waals surface area contributed by atoms with Crippen LogP contribution in [0.2, 0.25) is 5.02 Å². The van der Waals surface area contributed by atoms with E-state index in [-0.39, 0.29) is 24.2 Å². The molecule has 1 atom stereocenters. The quantitative estimate of drug-likeness (QED) is 0.837. The minimum absolute atomic E-state index is 0.111. The molecular weight excluding hydrogens is 379 g/mol. The molecule has 0 spiro atoms. The number of anilines is 1. The summed E-state index contributed by atoms with van der Waals surface area (Å²) in [7, 11) is 0. The zero-order valence-corrected chi connectivity index (χ0v) is 15.2. The Bertz CT molecular complexity index is 796. The maximum absolute atomic E-state index is 13.2. The van der Waals surface area contributed by atoms with Gasteiger partial charge in [0.2, 0.25) is 5.91 Å². The van der Waals surface area contributed by atoms with Crippen LogP contribution in [-0.4, -0.2) is 24.0 Å². The molecule has 0 radical (unpaired) electrons. The van der Waals surface area contributed by atoms with Gasteiger partial charge in [-0.3, -0.25) is 4.79 Å². The number of amides is 1. The third-order valence-corrected chi connectivity index (χ3v) is 4.82. The van der Waals surface area contributed by atoms with E-state index >= 15 is 0 Å². The second-order valence-electron chi connectivity index (χ2n) is 6.50. The fourth-order valence-electron chi connectivity index (χ4n) is 3.19. The van der Waals surface area contributed by atoms with Gasteiger partial charge >= 0.3 is 6.18 Å². The van der Waals surface area contributed by atoms with Gasteiger partial charge in [-0.15, -0.1) is 0 Å². The number of piperidine rings is 1. The lowest BCUT2D eigenvalue weighted by Crippen LogP contribution is -2.43. The highest BCUT2D eigenvalue weighted by atomic mass is 35.5. The Morgan fingerprint density at radius 1 is 1.26 bits per heavy atom. The summed E-state index contributed by atoms with van der Waals surface area (Å²) in [6, 6.07) is 9.41. The van der Waals surface area contributed by atoms with Crippen molar-refractivity contribution in [3.05, 3.63) is 58.7 Å². The summed E-state index contributed by atoms with van der Waals surface area (Å²) in [5.74, 6) is -0.659. The van der Waals surface area contributed by atoms with Gasteiger partial charge in [-0.1, -0.05) is 23.7 Å². The topological polar surface area (TPSA) is 45.2 Å². The van der Waals surface area contributed by atoms with Crippen molar-refractivity contribution in [3.63, 3.8) is 0 Å². The predicted molar refractivity (Wildman–Crippen MR) is 97.5 cm³/mol. The first-order valence-electron chi connectivity index (χ1n) is 8.64. The molecule has 8 heteroatoms. The van der Waals surface area contributed by atoms with Gasteiger partial charge in [0.25, 0.3) is 0 Å². The van der Waals surface area contributed by atoms with Gasteiger partial charge in [0.15, 0.2) is 0 Å². The summed E-state index contributed by atoms with van der Waals surface area (Å²) in [5.41, 5.74) is 0.136. The number of carbonyl (C=O) groups is 1. The van der Waals surface area contributed by atoms with Crippen LogP contribution in [0.1, 0.15) is 24.0 Å². The minimum atomic E-state index is -4.48. The molecule has 1 aliphatic rings. The molecule has 1 aliphatic heterocycles. The van der Waals surface area contributed by atoms with Crippen molar-refractivity contribution in [1.29, 1.82) is 0 Å². The molecule has 0 saturated carbocycles. The Labute approximate surface area is 160 Å². The van der Waals surface area contributed by atoms with Crippen LogP contribution in [0, 0.1) is 5.92 Å². The van der Waals surface area contributed by atoms with Crippen LogP contribution in [0.3, 0.4) is 0 Å². The molecule has 1 aromatic carbocycles.